The Kier molecular flexibility index (Phi) is 5.43. The Bertz CT molecular complexity index is 297. The van der Waals surface area contributed by atoms with Crippen LogP contribution < -0.4 is 5.32 Å². The number of hydrogen-bond donors (Lipinski definition) is 1. The monoisotopic (exact) mass is 224 g/mol. The maximum absolute atomic E-state index is 12.8. The quantitative estimate of drug-likeness (QED) is 0.796. The van der Waals surface area contributed by atoms with Gasteiger partial charge >= 0.3 is 0 Å². The number of benzene rings is 1. The van der Waals surface area contributed by atoms with Gasteiger partial charge in [0.15, 0.2) is 0 Å². The smallest absolute Gasteiger partial charge is 0.123 e. The van der Waals surface area contributed by atoms with E-state index in [4.69, 9.17) is 0 Å². The van der Waals surface area contributed by atoms with Gasteiger partial charge in [-0.3, -0.25) is 0 Å². The summed E-state index contributed by atoms with van der Waals surface area (Å²) >= 11 is 0. The maximum atomic E-state index is 12.8. The highest BCUT2D eigenvalue weighted by Crippen LogP contribution is 2.16. The first-order chi connectivity index (χ1) is 7.63. The molecule has 1 aromatic rings. The zero-order valence-corrected chi connectivity index (χ0v) is 10.3. The lowest BCUT2D eigenvalue weighted by Gasteiger charge is -2.21. The van der Waals surface area contributed by atoms with Gasteiger partial charge in [-0.15, -0.1) is 0 Å². The normalized spacial score (nSPS) is 13.1. The molecule has 1 aromatic carbocycles. The van der Waals surface area contributed by atoms with Gasteiger partial charge in [-0.1, -0.05) is 19.1 Å². The van der Waals surface area contributed by atoms with E-state index in [0.29, 0.717) is 5.92 Å². The molecule has 2 nitrogen and oxygen atoms in total. The van der Waals surface area contributed by atoms with E-state index >= 15 is 0 Å². The van der Waals surface area contributed by atoms with Crippen molar-refractivity contribution in [3.8, 4) is 0 Å². The van der Waals surface area contributed by atoms with Gasteiger partial charge in [0.05, 0.1) is 0 Å². The fourth-order valence-corrected chi connectivity index (χ4v) is 1.76. The van der Waals surface area contributed by atoms with Crippen molar-refractivity contribution in [1.29, 1.82) is 0 Å². The van der Waals surface area contributed by atoms with Gasteiger partial charge in [0.25, 0.3) is 0 Å². The van der Waals surface area contributed by atoms with E-state index in [0.717, 1.165) is 19.6 Å². The van der Waals surface area contributed by atoms with E-state index < -0.39 is 0 Å². The summed E-state index contributed by atoms with van der Waals surface area (Å²) in [5.74, 6) is 0.266. The summed E-state index contributed by atoms with van der Waals surface area (Å²) in [5.41, 5.74) is 1.19. The third-order valence-electron chi connectivity index (χ3n) is 2.77. The Hall–Kier alpha value is -0.930. The molecule has 0 heterocycles. The van der Waals surface area contributed by atoms with Crippen molar-refractivity contribution in [2.24, 2.45) is 0 Å². The standard InChI is InChI=1S/C13H21FN2/c1-11(10-16(3)9-8-15-2)12-4-6-13(14)7-5-12/h4-7,11,15H,8-10H2,1-3H3. The van der Waals surface area contributed by atoms with Crippen LogP contribution >= 0.6 is 0 Å². The summed E-state index contributed by atoms with van der Waals surface area (Å²) in [6.07, 6.45) is 0. The minimum atomic E-state index is -0.167. The Morgan fingerprint density at radius 1 is 1.31 bits per heavy atom. The number of nitrogens with zero attached hydrogens (tertiary/aromatic N) is 1. The van der Waals surface area contributed by atoms with E-state index in [1.165, 1.54) is 17.7 Å². The van der Waals surface area contributed by atoms with Crippen LogP contribution in [0, 0.1) is 5.82 Å². The molecular weight excluding hydrogens is 203 g/mol. The Balaban J connectivity index is 2.45. The van der Waals surface area contributed by atoms with Crippen LogP contribution in [-0.4, -0.2) is 38.6 Å². The lowest BCUT2D eigenvalue weighted by atomic mass is 10.0. The van der Waals surface area contributed by atoms with Gasteiger partial charge in [0, 0.05) is 19.6 Å². The van der Waals surface area contributed by atoms with Gasteiger partial charge in [-0.25, -0.2) is 4.39 Å². The molecule has 0 aliphatic rings. The van der Waals surface area contributed by atoms with Crippen molar-refractivity contribution in [2.45, 2.75) is 12.8 Å². The lowest BCUT2D eigenvalue weighted by molar-refractivity contribution is 0.318. The molecule has 1 unspecified atom stereocenters. The topological polar surface area (TPSA) is 15.3 Å². The molecule has 3 heteroatoms. The van der Waals surface area contributed by atoms with Crippen LogP contribution in [0.1, 0.15) is 18.4 Å². The number of likely N-dealkylation sites (N-methyl/N-ethyl adjacent to an activating group) is 2. The second kappa shape index (κ2) is 6.61. The highest BCUT2D eigenvalue weighted by atomic mass is 19.1. The zero-order chi connectivity index (χ0) is 12.0. The molecule has 0 saturated heterocycles. The Labute approximate surface area is 97.5 Å². The average Bonchev–Trinajstić information content (AvgIpc) is 2.27. The van der Waals surface area contributed by atoms with E-state index in [-0.39, 0.29) is 5.82 Å². The third-order valence-corrected chi connectivity index (χ3v) is 2.77. The van der Waals surface area contributed by atoms with Gasteiger partial charge in [-0.2, -0.15) is 0 Å². The first-order valence-corrected chi connectivity index (χ1v) is 5.72. The fourth-order valence-electron chi connectivity index (χ4n) is 1.76. The summed E-state index contributed by atoms with van der Waals surface area (Å²) in [6, 6.07) is 6.79. The number of rotatable bonds is 6. The van der Waals surface area contributed by atoms with Crippen molar-refractivity contribution in [2.75, 3.05) is 33.7 Å². The average molecular weight is 224 g/mol. The number of nitrogens with one attached hydrogen (secondary N) is 1. The van der Waals surface area contributed by atoms with Crippen LogP contribution in [0.15, 0.2) is 24.3 Å². The highest BCUT2D eigenvalue weighted by molar-refractivity contribution is 5.20. The predicted molar refractivity (Wildman–Crippen MR) is 66.2 cm³/mol. The molecule has 0 fully saturated rings. The maximum Gasteiger partial charge on any atom is 0.123 e. The van der Waals surface area contributed by atoms with Crippen LogP contribution in [0.2, 0.25) is 0 Å². The molecule has 0 radical (unpaired) electrons. The molecule has 1 rings (SSSR count). The van der Waals surface area contributed by atoms with Crippen molar-refractivity contribution in [3.05, 3.63) is 35.6 Å². The second-order valence-corrected chi connectivity index (χ2v) is 4.32. The molecule has 0 saturated carbocycles. The van der Waals surface area contributed by atoms with Crippen molar-refractivity contribution >= 4 is 0 Å². The molecule has 0 aliphatic carbocycles. The van der Waals surface area contributed by atoms with Gasteiger partial charge in [-0.05, 0) is 37.7 Å². The number of hydrogen-bond acceptors (Lipinski definition) is 2. The van der Waals surface area contributed by atoms with Crippen molar-refractivity contribution in [1.82, 2.24) is 10.2 Å². The van der Waals surface area contributed by atoms with Gasteiger partial charge in [0.1, 0.15) is 5.82 Å². The first kappa shape index (κ1) is 13.1. The molecule has 1 atom stereocenters. The molecular formula is C13H21FN2. The SMILES string of the molecule is CNCCN(C)CC(C)c1ccc(F)cc1. The van der Waals surface area contributed by atoms with Gasteiger partial charge < -0.3 is 10.2 Å². The molecule has 0 amide bonds. The summed E-state index contributed by atoms with van der Waals surface area (Å²) in [5, 5.41) is 3.13. The van der Waals surface area contributed by atoms with E-state index in [1.54, 1.807) is 0 Å². The van der Waals surface area contributed by atoms with Gasteiger partial charge in [0.2, 0.25) is 0 Å². The zero-order valence-electron chi connectivity index (χ0n) is 10.3. The number of halogens is 1. The van der Waals surface area contributed by atoms with E-state index in [1.807, 2.05) is 19.2 Å². The van der Waals surface area contributed by atoms with Crippen LogP contribution in [0.25, 0.3) is 0 Å². The molecule has 1 N–H and O–H groups in total. The largest absolute Gasteiger partial charge is 0.318 e. The van der Waals surface area contributed by atoms with E-state index in [9.17, 15) is 4.39 Å². The fraction of sp³-hybridized carbons (Fsp3) is 0.538. The van der Waals surface area contributed by atoms with Crippen LogP contribution in [0.3, 0.4) is 0 Å². The molecule has 0 aromatic heterocycles. The molecule has 90 valence electrons. The summed E-state index contributed by atoms with van der Waals surface area (Å²) in [6.45, 7) is 5.19. The first-order valence-electron chi connectivity index (χ1n) is 5.72. The summed E-state index contributed by atoms with van der Waals surface area (Å²) in [7, 11) is 4.06. The Morgan fingerprint density at radius 2 is 1.94 bits per heavy atom. The molecule has 0 aliphatic heterocycles. The molecule has 16 heavy (non-hydrogen) atoms. The lowest BCUT2D eigenvalue weighted by Crippen LogP contribution is -2.30. The van der Waals surface area contributed by atoms with Crippen molar-refractivity contribution < 1.29 is 4.39 Å². The second-order valence-electron chi connectivity index (χ2n) is 4.32. The molecule has 0 spiro atoms. The minimum Gasteiger partial charge on any atom is -0.318 e. The van der Waals surface area contributed by atoms with Crippen molar-refractivity contribution in [3.63, 3.8) is 0 Å². The van der Waals surface area contributed by atoms with Crippen LogP contribution in [-0.2, 0) is 0 Å². The minimum absolute atomic E-state index is 0.167. The van der Waals surface area contributed by atoms with E-state index in [2.05, 4.69) is 24.2 Å². The summed E-state index contributed by atoms with van der Waals surface area (Å²) in [4.78, 5) is 2.28. The predicted octanol–water partition coefficient (Wildman–Crippen LogP) is 2.08. The van der Waals surface area contributed by atoms with Crippen LogP contribution in [0.4, 0.5) is 4.39 Å². The van der Waals surface area contributed by atoms with Crippen LogP contribution in [0.5, 0.6) is 0 Å². The Morgan fingerprint density at radius 3 is 2.50 bits per heavy atom. The summed E-state index contributed by atoms with van der Waals surface area (Å²) < 4.78 is 12.8. The molecule has 0 bridgehead atoms. The highest BCUT2D eigenvalue weighted by Gasteiger charge is 2.08. The third kappa shape index (κ3) is 4.29.